The lowest BCUT2D eigenvalue weighted by molar-refractivity contribution is -0.144. The second-order valence-corrected chi connectivity index (χ2v) is 22.0. The van der Waals surface area contributed by atoms with Crippen LogP contribution in [-0.2, 0) is 76.5 Å². The molecule has 0 fully saturated rings. The van der Waals surface area contributed by atoms with Crippen molar-refractivity contribution in [3.8, 4) is 0 Å². The highest BCUT2D eigenvalue weighted by Crippen LogP contribution is 2.17. The largest absolute Gasteiger partial charge is 0.481 e. The monoisotopic (exact) mass is 1370 g/mol. The number of aliphatic carboxylic acids is 4. The van der Waals surface area contributed by atoms with Gasteiger partial charge in [-0.2, -0.15) is 0 Å². The highest BCUT2D eigenvalue weighted by Gasteiger charge is 2.38. The molecule has 30 nitrogen and oxygen atoms in total. The molecular weight excluding hydrogens is 1270 g/mol. The van der Waals surface area contributed by atoms with Gasteiger partial charge in [0.05, 0.1) is 51.3 Å². The molecule has 0 aromatic rings. The Kier molecular flexibility index (Phi) is 48.9. The molecule has 0 saturated carbocycles. The maximum absolute atomic E-state index is 12.6. The second kappa shape index (κ2) is 52.2. The van der Waals surface area contributed by atoms with E-state index in [1.54, 1.807) is 22.9 Å². The van der Waals surface area contributed by atoms with E-state index in [1.165, 1.54) is 39.0 Å². The van der Waals surface area contributed by atoms with Crippen LogP contribution in [0.3, 0.4) is 0 Å². The van der Waals surface area contributed by atoms with Crippen molar-refractivity contribution in [1.82, 2.24) is 40.7 Å². The zero-order valence-corrected chi connectivity index (χ0v) is 53.2. The summed E-state index contributed by atoms with van der Waals surface area (Å²) in [4.78, 5) is 144. The minimum absolute atomic E-state index is 0.0206. The third-order valence-electron chi connectivity index (χ3n) is 14.1. The molecule has 15 N–H and O–H groups in total. The minimum Gasteiger partial charge on any atom is -0.481 e. The molecule has 0 unspecified atom stereocenters. The van der Waals surface area contributed by atoms with E-state index in [9.17, 15) is 78.0 Å². The predicted octanol–water partition coefficient (Wildman–Crippen LogP) is 0.691. The summed E-state index contributed by atoms with van der Waals surface area (Å²) in [6.07, 6.45) is 14.8. The maximum Gasteiger partial charge on any atom is 0.326 e. The predicted molar refractivity (Wildman–Crippen MR) is 328 cm³/mol. The number of nitrogens with two attached hydrogens (primary N) is 1. The molecule has 0 radical (unpaired) electrons. The van der Waals surface area contributed by atoms with Crippen molar-refractivity contribution in [3.05, 3.63) is 0 Å². The number of carboxylic acid groups (broad SMARTS) is 4. The van der Waals surface area contributed by atoms with Crippen LogP contribution in [0.5, 0.6) is 0 Å². The number of aliphatic hydroxyl groups is 1. The molecule has 0 aliphatic carbocycles. The Labute approximate surface area is 529 Å². The summed E-state index contributed by atoms with van der Waals surface area (Å²) < 4.78 is 24.1. The topological polar surface area (TPSA) is 465 Å². The van der Waals surface area contributed by atoms with Crippen molar-refractivity contribution in [2.24, 2.45) is 5.73 Å². The summed E-state index contributed by atoms with van der Waals surface area (Å²) >= 11 is 1.81. The van der Waals surface area contributed by atoms with Crippen molar-refractivity contribution in [1.29, 1.82) is 0 Å². The molecule has 6 atom stereocenters. The third-order valence-corrected chi connectivity index (χ3v) is 15.2. The number of aldehydes is 2. The molecule has 506 valence electrons. The van der Waals surface area contributed by atoms with E-state index in [0.29, 0.717) is 31.8 Å². The van der Waals surface area contributed by atoms with Gasteiger partial charge < -0.3 is 91.7 Å². The number of carbonyl (C=O) groups excluding carboxylic acids is 8. The van der Waals surface area contributed by atoms with Crippen molar-refractivity contribution in [3.63, 3.8) is 0 Å². The Morgan fingerprint density at radius 1 is 0.466 bits per heavy atom. The first-order valence-electron chi connectivity index (χ1n) is 30.4. The number of unbranched alkanes of at least 4 members (excludes halogenated alkanes) is 14. The SMILES string of the molecule is C[C@@H](O)[C@](C=O)(CN)NC[C@@](C=O)(CCCCNC(=O)CC[C@H](NC(=O)CC[C@H](NC(=O)COCCOCCNC(=O)COCCOCCNC(=O)CC[C@H](NC(=O)CCCCCCCCCCCCCCCCC(=O)O)C(=O)O)C(=O)O)C(=O)O)NI. The van der Waals surface area contributed by atoms with Gasteiger partial charge in [0.15, 0.2) is 0 Å². The fourth-order valence-corrected chi connectivity index (χ4v) is 9.15. The zero-order chi connectivity index (χ0) is 65.9. The molecular formula is C57H100IN9O21. The van der Waals surface area contributed by atoms with Crippen LogP contribution in [0.2, 0.25) is 0 Å². The Morgan fingerprint density at radius 3 is 1.26 bits per heavy atom. The molecule has 0 aromatic heterocycles. The van der Waals surface area contributed by atoms with Crippen LogP contribution in [0.4, 0.5) is 0 Å². The fraction of sp³-hybridized carbons (Fsp3) is 0.789. The van der Waals surface area contributed by atoms with Gasteiger partial charge >= 0.3 is 23.9 Å². The second-order valence-electron chi connectivity index (χ2n) is 21.4. The van der Waals surface area contributed by atoms with Gasteiger partial charge in [0.25, 0.3) is 0 Å². The number of carbonyl (C=O) groups is 12. The molecule has 0 aromatic carbocycles. The molecule has 31 heteroatoms. The van der Waals surface area contributed by atoms with E-state index < -0.39 is 108 Å². The van der Waals surface area contributed by atoms with E-state index in [2.05, 4.69) is 40.7 Å². The van der Waals surface area contributed by atoms with Gasteiger partial charge in [0.1, 0.15) is 49.5 Å². The highest BCUT2D eigenvalue weighted by atomic mass is 127. The zero-order valence-electron chi connectivity index (χ0n) is 51.1. The molecule has 0 aliphatic rings. The molecule has 88 heavy (non-hydrogen) atoms. The van der Waals surface area contributed by atoms with Gasteiger partial charge in [-0.05, 0) is 58.3 Å². The smallest absolute Gasteiger partial charge is 0.326 e. The summed E-state index contributed by atoms with van der Waals surface area (Å²) in [6, 6.07) is -4.18. The molecule has 0 saturated heterocycles. The van der Waals surface area contributed by atoms with Crippen LogP contribution < -0.4 is 46.5 Å². The number of aliphatic hydroxyl groups excluding tert-OH is 1. The van der Waals surface area contributed by atoms with Gasteiger partial charge in [-0.15, -0.1) is 0 Å². The van der Waals surface area contributed by atoms with E-state index in [1.807, 2.05) is 0 Å². The first-order chi connectivity index (χ1) is 42.1. The standard InChI is InChI=1S/C57H100IN9O21/c1-42(70)57(38-59,41-69)63-39-56(40-68,67-58)26-16-17-27-60-46(71)23-20-44(54(81)82)65-49(74)25-22-45(55(83)84)66-51(76)37-88-35-33-86-31-29-62-50(75)36-87-34-32-85-30-28-61-47(72)24-21-43(53(79)80)64-48(73)18-14-12-10-8-6-4-2-3-5-7-9-11-13-15-19-52(77)78/h40-45,63,67,70H,2-39,59H2,1H3,(H,60,71)(H,61,72)(H,62,75)(H,64,73)(H,65,74)(H,66,76)(H,77,78)(H,79,80)(H,81,82)(H,83,84)/t42-,43+,44+,45+,56-,57-/m1/s1. The third kappa shape index (κ3) is 43.2. The van der Waals surface area contributed by atoms with E-state index >= 15 is 0 Å². The van der Waals surface area contributed by atoms with E-state index in [-0.39, 0.29) is 130 Å². The molecule has 0 aliphatic heterocycles. The van der Waals surface area contributed by atoms with Crippen molar-refractivity contribution in [2.75, 3.05) is 85.6 Å². The Bertz CT molecular complexity index is 2070. The lowest BCUT2D eigenvalue weighted by Crippen LogP contribution is -2.64. The van der Waals surface area contributed by atoms with Crippen LogP contribution in [0, 0.1) is 0 Å². The quantitative estimate of drug-likeness (QED) is 0.0172. The summed E-state index contributed by atoms with van der Waals surface area (Å²) in [7, 11) is 0. The number of rotatable bonds is 61. The molecule has 0 rings (SSSR count). The minimum atomic E-state index is -1.52. The summed E-state index contributed by atoms with van der Waals surface area (Å²) in [5.41, 5.74) is 3.12. The van der Waals surface area contributed by atoms with Crippen molar-refractivity contribution < 1.29 is 102 Å². The average molecular weight is 1370 g/mol. The number of carboxylic acids is 4. The van der Waals surface area contributed by atoms with Crippen LogP contribution in [0.15, 0.2) is 0 Å². The normalized spacial score (nSPS) is 13.9. The first kappa shape index (κ1) is 82.5. The molecule has 0 spiro atoms. The number of halogens is 1. The number of ether oxygens (including phenoxy) is 4. The average Bonchev–Trinajstić information content (AvgIpc) is 3.38. The van der Waals surface area contributed by atoms with Crippen molar-refractivity contribution in [2.45, 2.75) is 203 Å². The maximum atomic E-state index is 12.6. The summed E-state index contributed by atoms with van der Waals surface area (Å²) in [5, 5.41) is 65.2. The fourth-order valence-electron chi connectivity index (χ4n) is 8.56. The highest BCUT2D eigenvalue weighted by molar-refractivity contribution is 14.1. The lowest BCUT2D eigenvalue weighted by atomic mass is 9.90. The van der Waals surface area contributed by atoms with E-state index in [0.717, 1.165) is 51.4 Å². The number of hydrogen-bond acceptors (Lipinski definition) is 20. The summed E-state index contributed by atoms with van der Waals surface area (Å²) in [6.45, 7) is 1.20. The lowest BCUT2D eigenvalue weighted by Gasteiger charge is -2.35. The molecule has 0 heterocycles. The van der Waals surface area contributed by atoms with Gasteiger partial charge in [0, 0.05) is 87.7 Å². The van der Waals surface area contributed by atoms with Gasteiger partial charge in [0.2, 0.25) is 35.4 Å². The van der Waals surface area contributed by atoms with Gasteiger partial charge in [-0.1, -0.05) is 77.0 Å². The Balaban J connectivity index is 4.12. The molecule has 0 bridgehead atoms. The van der Waals surface area contributed by atoms with Crippen LogP contribution >= 0.6 is 22.9 Å². The van der Waals surface area contributed by atoms with Gasteiger partial charge in [-0.25, -0.2) is 17.9 Å². The van der Waals surface area contributed by atoms with E-state index in [4.69, 9.17) is 29.8 Å². The van der Waals surface area contributed by atoms with Crippen molar-refractivity contribution >= 4 is 94.8 Å². The Hall–Kier alpha value is -5.55. The first-order valence-corrected chi connectivity index (χ1v) is 31.5. The number of nitrogens with one attached hydrogen (secondary N) is 8. The number of hydrogen-bond donors (Lipinski definition) is 14. The Morgan fingerprint density at radius 2 is 0.852 bits per heavy atom. The van der Waals surface area contributed by atoms with Crippen LogP contribution in [0.1, 0.15) is 167 Å². The van der Waals surface area contributed by atoms with Crippen LogP contribution in [0.25, 0.3) is 0 Å². The number of amides is 6. The van der Waals surface area contributed by atoms with Gasteiger partial charge in [-0.3, -0.25) is 38.9 Å². The van der Waals surface area contributed by atoms with Crippen LogP contribution in [-0.4, -0.2) is 218 Å². The molecule has 6 amide bonds. The summed E-state index contributed by atoms with van der Waals surface area (Å²) in [5.74, 6) is -8.17.